The van der Waals surface area contributed by atoms with Crippen molar-refractivity contribution in [3.05, 3.63) is 47.8 Å². The standard InChI is InChI=1S/C21H20F2N6O2.C2HF3O2/c22-12-9-14(23)18(17(30)10-12)21(31)29-7-5-28(6-8-29)20-19(25-13-1-2-13)26-15-3-4-24-11-16(15)27-20;3-2(4,5)1(6)7/h3-4,9-11,13,30H,1-2,5-8H2,(H,25,26);(H,6,7). The lowest BCUT2D eigenvalue weighted by atomic mass is 10.1. The number of hydrogen-bond donors (Lipinski definition) is 3. The van der Waals surface area contributed by atoms with Crippen molar-refractivity contribution in [1.82, 2.24) is 19.9 Å². The number of aromatic hydroxyl groups is 1. The molecule has 2 fully saturated rings. The summed E-state index contributed by atoms with van der Waals surface area (Å²) < 4.78 is 59.1. The Morgan fingerprint density at radius 3 is 2.26 bits per heavy atom. The van der Waals surface area contributed by atoms with Crippen molar-refractivity contribution >= 4 is 34.5 Å². The molecule has 0 atom stereocenters. The number of nitrogens with zero attached hydrogens (tertiary/aromatic N) is 5. The number of hydrogen-bond acceptors (Lipinski definition) is 8. The van der Waals surface area contributed by atoms with Crippen LogP contribution in [0.5, 0.6) is 5.75 Å². The second kappa shape index (κ2) is 10.6. The minimum absolute atomic E-state index is 0.296. The number of fused-ring (bicyclic) bond motifs is 1. The Hall–Kier alpha value is -4.30. The van der Waals surface area contributed by atoms with E-state index in [2.05, 4.69) is 10.3 Å². The summed E-state index contributed by atoms with van der Waals surface area (Å²) in [6, 6.07) is 3.53. The van der Waals surface area contributed by atoms with E-state index in [4.69, 9.17) is 19.9 Å². The molecule has 202 valence electrons. The number of carboxylic acids is 1. The number of carboxylic acid groups (broad SMARTS) is 1. The maximum Gasteiger partial charge on any atom is 0.490 e. The summed E-state index contributed by atoms with van der Waals surface area (Å²) in [6.07, 6.45) is 0.424. The van der Waals surface area contributed by atoms with Gasteiger partial charge in [-0.2, -0.15) is 13.2 Å². The summed E-state index contributed by atoms with van der Waals surface area (Å²) in [6.45, 7) is 1.50. The first-order valence-electron chi connectivity index (χ1n) is 11.3. The van der Waals surface area contributed by atoms with E-state index in [1.807, 2.05) is 11.0 Å². The number of rotatable bonds is 4. The summed E-state index contributed by atoms with van der Waals surface area (Å²) in [5.41, 5.74) is 0.913. The number of carbonyl (C=O) groups is 2. The number of nitrogens with one attached hydrogen (secondary N) is 1. The third kappa shape index (κ3) is 6.15. The van der Waals surface area contributed by atoms with E-state index in [-0.39, 0.29) is 0 Å². The molecule has 1 aliphatic carbocycles. The number of pyridine rings is 1. The smallest absolute Gasteiger partial charge is 0.490 e. The van der Waals surface area contributed by atoms with Gasteiger partial charge in [-0.25, -0.2) is 23.5 Å². The molecule has 5 rings (SSSR count). The van der Waals surface area contributed by atoms with Crippen molar-refractivity contribution in [1.29, 1.82) is 0 Å². The van der Waals surface area contributed by atoms with E-state index in [1.165, 1.54) is 4.90 Å². The summed E-state index contributed by atoms with van der Waals surface area (Å²) >= 11 is 0. The number of amides is 1. The average molecular weight is 540 g/mol. The molecule has 1 aromatic carbocycles. The fourth-order valence-electron chi connectivity index (χ4n) is 3.69. The van der Waals surface area contributed by atoms with Crippen LogP contribution in [0, 0.1) is 11.6 Å². The predicted octanol–water partition coefficient (Wildman–Crippen LogP) is 3.18. The van der Waals surface area contributed by atoms with Crippen molar-refractivity contribution in [2.45, 2.75) is 25.1 Å². The lowest BCUT2D eigenvalue weighted by Gasteiger charge is -2.36. The van der Waals surface area contributed by atoms with Gasteiger partial charge < -0.3 is 25.3 Å². The van der Waals surface area contributed by atoms with Crippen molar-refractivity contribution in [2.24, 2.45) is 0 Å². The molecule has 3 aromatic rings. The SMILES string of the molecule is O=C(O)C(F)(F)F.O=C(c1c(O)cc(F)cc1F)N1CCN(c2nc3cnccc3nc2NC2CC2)CC1. The van der Waals surface area contributed by atoms with E-state index in [1.54, 1.807) is 12.4 Å². The number of phenols is 1. The van der Waals surface area contributed by atoms with Crippen LogP contribution in [-0.2, 0) is 4.79 Å². The zero-order valence-corrected chi connectivity index (χ0v) is 19.5. The van der Waals surface area contributed by atoms with Gasteiger partial charge in [0.1, 0.15) is 28.5 Å². The molecule has 15 heteroatoms. The monoisotopic (exact) mass is 540 g/mol. The van der Waals surface area contributed by atoms with Gasteiger partial charge in [0.05, 0.1) is 11.7 Å². The first-order chi connectivity index (χ1) is 17.9. The Kier molecular flexibility index (Phi) is 7.46. The highest BCUT2D eigenvalue weighted by Gasteiger charge is 2.38. The number of piperazine rings is 1. The van der Waals surface area contributed by atoms with Crippen molar-refractivity contribution < 1.29 is 41.8 Å². The fraction of sp³-hybridized carbons (Fsp3) is 0.348. The molecule has 0 unspecified atom stereocenters. The normalized spacial score (nSPS) is 15.6. The van der Waals surface area contributed by atoms with Crippen LogP contribution in [0.3, 0.4) is 0 Å². The van der Waals surface area contributed by atoms with Gasteiger partial charge in [0, 0.05) is 50.6 Å². The fourth-order valence-corrected chi connectivity index (χ4v) is 3.69. The number of halogens is 5. The zero-order valence-electron chi connectivity index (χ0n) is 19.5. The van der Waals surface area contributed by atoms with Gasteiger partial charge in [-0.05, 0) is 18.9 Å². The van der Waals surface area contributed by atoms with Crippen LogP contribution >= 0.6 is 0 Å². The number of aromatic nitrogens is 3. The largest absolute Gasteiger partial charge is 0.507 e. The van der Waals surface area contributed by atoms with Crippen molar-refractivity contribution in [3.8, 4) is 5.75 Å². The molecule has 1 saturated heterocycles. The Morgan fingerprint density at radius 1 is 1.03 bits per heavy atom. The van der Waals surface area contributed by atoms with Crippen LogP contribution in [0.1, 0.15) is 23.2 Å². The molecule has 0 spiro atoms. The van der Waals surface area contributed by atoms with Crippen LogP contribution < -0.4 is 10.2 Å². The van der Waals surface area contributed by atoms with Crippen LogP contribution in [-0.4, -0.2) is 80.3 Å². The van der Waals surface area contributed by atoms with Crippen LogP contribution in [0.15, 0.2) is 30.6 Å². The number of aliphatic carboxylic acids is 1. The van der Waals surface area contributed by atoms with Crippen LogP contribution in [0.2, 0.25) is 0 Å². The average Bonchev–Trinajstić information content (AvgIpc) is 3.67. The molecule has 1 aliphatic heterocycles. The molecule has 2 aliphatic rings. The Balaban J connectivity index is 0.000000426. The lowest BCUT2D eigenvalue weighted by Crippen LogP contribution is -2.49. The summed E-state index contributed by atoms with van der Waals surface area (Å²) in [7, 11) is 0. The number of carbonyl (C=O) groups excluding carboxylic acids is 1. The predicted molar refractivity (Wildman–Crippen MR) is 124 cm³/mol. The minimum atomic E-state index is -5.08. The first kappa shape index (κ1) is 26.8. The zero-order chi connectivity index (χ0) is 27.6. The molecule has 0 bridgehead atoms. The topological polar surface area (TPSA) is 132 Å². The van der Waals surface area contributed by atoms with E-state index >= 15 is 0 Å². The van der Waals surface area contributed by atoms with Gasteiger partial charge in [-0.1, -0.05) is 0 Å². The van der Waals surface area contributed by atoms with Gasteiger partial charge >= 0.3 is 12.1 Å². The Morgan fingerprint density at radius 2 is 1.68 bits per heavy atom. The number of anilines is 2. The second-order valence-electron chi connectivity index (χ2n) is 8.54. The van der Waals surface area contributed by atoms with Crippen LogP contribution in [0.25, 0.3) is 11.0 Å². The van der Waals surface area contributed by atoms with E-state index in [0.717, 1.165) is 24.4 Å². The van der Waals surface area contributed by atoms with Crippen molar-refractivity contribution in [3.63, 3.8) is 0 Å². The van der Waals surface area contributed by atoms with Gasteiger partial charge in [-0.3, -0.25) is 9.78 Å². The van der Waals surface area contributed by atoms with Crippen molar-refractivity contribution in [2.75, 3.05) is 36.4 Å². The highest BCUT2D eigenvalue weighted by atomic mass is 19.4. The highest BCUT2D eigenvalue weighted by Crippen LogP contribution is 2.31. The Bertz CT molecular complexity index is 1340. The third-order valence-corrected chi connectivity index (χ3v) is 5.72. The third-order valence-electron chi connectivity index (χ3n) is 5.72. The van der Waals surface area contributed by atoms with Gasteiger partial charge in [-0.15, -0.1) is 0 Å². The van der Waals surface area contributed by atoms with E-state index in [9.17, 15) is 31.9 Å². The maximum atomic E-state index is 14.1. The summed E-state index contributed by atoms with van der Waals surface area (Å²) in [4.78, 5) is 38.6. The lowest BCUT2D eigenvalue weighted by molar-refractivity contribution is -0.192. The number of phenolic OH excluding ortho intramolecular Hbond substituents is 1. The van der Waals surface area contributed by atoms with E-state index < -0.39 is 41.0 Å². The van der Waals surface area contributed by atoms with Gasteiger partial charge in [0.2, 0.25) is 0 Å². The quantitative estimate of drug-likeness (QED) is 0.427. The first-order valence-corrected chi connectivity index (χ1v) is 11.3. The highest BCUT2D eigenvalue weighted by molar-refractivity contribution is 5.97. The van der Waals surface area contributed by atoms with Crippen LogP contribution in [0.4, 0.5) is 33.6 Å². The summed E-state index contributed by atoms with van der Waals surface area (Å²) in [5, 5.41) is 20.4. The molecule has 1 saturated carbocycles. The molecule has 3 N–H and O–H groups in total. The minimum Gasteiger partial charge on any atom is -0.507 e. The maximum absolute atomic E-state index is 14.1. The van der Waals surface area contributed by atoms with E-state index in [0.29, 0.717) is 55.4 Å². The summed E-state index contributed by atoms with van der Waals surface area (Å²) in [5.74, 6) is -4.75. The molecular weight excluding hydrogens is 519 g/mol. The molecule has 10 nitrogen and oxygen atoms in total. The number of benzene rings is 1. The van der Waals surface area contributed by atoms with Gasteiger partial charge in [0.25, 0.3) is 5.91 Å². The number of alkyl halides is 3. The second-order valence-corrected chi connectivity index (χ2v) is 8.54. The molecule has 38 heavy (non-hydrogen) atoms. The molecule has 2 aromatic heterocycles. The molecule has 0 radical (unpaired) electrons. The molecule has 3 heterocycles. The molecular formula is C23H21F5N6O4. The van der Waals surface area contributed by atoms with Gasteiger partial charge in [0.15, 0.2) is 11.6 Å². The Labute approximate surface area is 211 Å². The molecule has 1 amide bonds.